The summed E-state index contributed by atoms with van der Waals surface area (Å²) in [5, 5.41) is 1.03. The monoisotopic (exact) mass is 482 g/mol. The van der Waals surface area contributed by atoms with Crippen molar-refractivity contribution in [1.82, 2.24) is 0 Å². The molecule has 6 nitrogen and oxygen atoms in total. The maximum Gasteiger partial charge on any atom is 0.471 e. The summed E-state index contributed by atoms with van der Waals surface area (Å²) in [5.74, 6) is 2.14. The highest BCUT2D eigenvalue weighted by molar-refractivity contribution is 6.75. The molecule has 2 aliphatic heterocycles. The number of methoxy groups -OCH3 is 1. The third-order valence-corrected chi connectivity index (χ3v) is 12.5. The van der Waals surface area contributed by atoms with E-state index in [0.717, 1.165) is 46.6 Å². The number of aldehydes is 1. The first kappa shape index (κ1) is 23.4. The molecule has 0 amide bonds. The van der Waals surface area contributed by atoms with Crippen LogP contribution in [0.5, 0.6) is 17.2 Å². The fourth-order valence-corrected chi connectivity index (χ4v) is 10.6. The molecule has 1 aliphatic carbocycles. The van der Waals surface area contributed by atoms with E-state index in [1.807, 2.05) is 6.92 Å². The fraction of sp³-hybridized carbons (Fsp3) is 0.556. The summed E-state index contributed by atoms with van der Waals surface area (Å²) < 4.78 is 25.8. The zero-order chi connectivity index (χ0) is 24.8. The predicted octanol–water partition coefficient (Wildman–Crippen LogP) is 6.13. The zero-order valence-corrected chi connectivity index (χ0v) is 22.4. The first-order valence-electron chi connectivity index (χ1n) is 12.1. The fourth-order valence-electron chi connectivity index (χ4n) is 6.13. The highest BCUT2D eigenvalue weighted by Crippen LogP contribution is 2.61. The summed E-state index contributed by atoms with van der Waals surface area (Å²) in [6.07, 6.45) is 2.07. The molecule has 5 rings (SSSR count). The van der Waals surface area contributed by atoms with Crippen LogP contribution in [0.3, 0.4) is 0 Å². The Labute approximate surface area is 202 Å². The number of hydrogen-bond donors (Lipinski definition) is 0. The quantitative estimate of drug-likeness (QED) is 0.298. The minimum Gasteiger partial charge on any atom is -0.510 e. The van der Waals surface area contributed by atoms with Crippen molar-refractivity contribution in [2.45, 2.75) is 90.0 Å². The lowest BCUT2D eigenvalue weighted by Gasteiger charge is -2.51. The van der Waals surface area contributed by atoms with Crippen LogP contribution in [0.15, 0.2) is 6.07 Å². The van der Waals surface area contributed by atoms with Gasteiger partial charge in [0, 0.05) is 33.0 Å². The number of epoxide rings is 1. The first-order chi connectivity index (χ1) is 15.9. The van der Waals surface area contributed by atoms with Gasteiger partial charge in [-0.25, -0.2) is 0 Å². The number of aryl methyl sites for hydroxylation is 1. The first-order valence-corrected chi connectivity index (χ1v) is 13.9. The Morgan fingerprint density at radius 1 is 1.06 bits per heavy atom. The number of hydrogen-bond acceptors (Lipinski definition) is 6. The molecule has 0 saturated carbocycles. The van der Waals surface area contributed by atoms with Crippen molar-refractivity contribution in [3.8, 4) is 17.2 Å². The van der Waals surface area contributed by atoms with Gasteiger partial charge >= 0.3 is 8.56 Å². The van der Waals surface area contributed by atoms with Gasteiger partial charge < -0.3 is 23.1 Å². The molecular formula is C27H34O6Si. The molecule has 0 radical (unpaired) electrons. The van der Waals surface area contributed by atoms with Gasteiger partial charge in [0.1, 0.15) is 29.5 Å². The van der Waals surface area contributed by atoms with E-state index in [1.54, 1.807) is 7.11 Å². The van der Waals surface area contributed by atoms with Crippen LogP contribution in [-0.2, 0) is 16.0 Å². The lowest BCUT2D eigenvalue weighted by molar-refractivity contribution is -0.108. The van der Waals surface area contributed by atoms with Gasteiger partial charge in [-0.05, 0) is 31.4 Å². The lowest BCUT2D eigenvalue weighted by Crippen LogP contribution is -2.63. The predicted molar refractivity (Wildman–Crippen MR) is 133 cm³/mol. The van der Waals surface area contributed by atoms with Crippen LogP contribution in [0.2, 0.25) is 10.1 Å². The van der Waals surface area contributed by atoms with Crippen LogP contribution in [-0.4, -0.2) is 33.8 Å². The Morgan fingerprint density at radius 2 is 1.71 bits per heavy atom. The number of ether oxygens (including phenoxy) is 2. The van der Waals surface area contributed by atoms with Crippen LogP contribution >= 0.6 is 0 Å². The van der Waals surface area contributed by atoms with E-state index in [-0.39, 0.29) is 22.0 Å². The summed E-state index contributed by atoms with van der Waals surface area (Å²) >= 11 is 0. The molecule has 34 heavy (non-hydrogen) atoms. The second kappa shape index (κ2) is 7.31. The van der Waals surface area contributed by atoms with Gasteiger partial charge in [0.05, 0.1) is 18.1 Å². The molecule has 7 heteroatoms. The van der Waals surface area contributed by atoms with Crippen molar-refractivity contribution in [2.75, 3.05) is 7.11 Å². The van der Waals surface area contributed by atoms with Gasteiger partial charge in [0.15, 0.2) is 12.1 Å². The molecule has 2 atom stereocenters. The van der Waals surface area contributed by atoms with Gasteiger partial charge in [-0.15, -0.1) is 0 Å². The molecule has 0 spiro atoms. The second-order valence-corrected chi connectivity index (χ2v) is 16.5. The molecule has 182 valence electrons. The molecule has 0 aromatic heterocycles. The Kier molecular flexibility index (Phi) is 5.02. The second-order valence-electron chi connectivity index (χ2n) is 11.8. The number of carbonyl (C=O) groups excluding carboxylic acids is 2. The van der Waals surface area contributed by atoms with Gasteiger partial charge in [0.2, 0.25) is 0 Å². The Bertz CT molecular complexity index is 1220. The summed E-state index contributed by atoms with van der Waals surface area (Å²) in [6.45, 7) is 14.9. The van der Waals surface area contributed by atoms with Crippen LogP contribution < -0.4 is 13.6 Å². The van der Waals surface area contributed by atoms with Gasteiger partial charge in [-0.1, -0.05) is 41.5 Å². The molecule has 2 heterocycles. The van der Waals surface area contributed by atoms with Gasteiger partial charge in [-0.2, -0.15) is 0 Å². The molecular weight excluding hydrogens is 448 g/mol. The molecule has 2 aromatic rings. The number of ketones is 1. The van der Waals surface area contributed by atoms with Crippen molar-refractivity contribution >= 4 is 31.4 Å². The van der Waals surface area contributed by atoms with E-state index in [2.05, 4.69) is 47.6 Å². The van der Waals surface area contributed by atoms with Gasteiger partial charge in [-0.3, -0.25) is 4.79 Å². The third kappa shape index (κ3) is 3.02. The standard InChI is InChI=1S/C27H34O6Si/c1-14-12-16-21-24(19(14)23-18(13-28)31-23)32-34(26(2,3)4,27(5,6)7)33-25(21)20-15(22(16)30-8)10-9-11-17(20)29/h12-13,18,23H,9-11H2,1-8H3/t18-,23+/m1/s1. The van der Waals surface area contributed by atoms with Gasteiger partial charge in [0.25, 0.3) is 0 Å². The highest BCUT2D eigenvalue weighted by atomic mass is 28.4. The minimum atomic E-state index is -3.07. The SMILES string of the molecule is COc1c2c(c3c4c(c([C@H]5O[C@@H]5C=O)c(C)cc14)O[Si](C(C)(C)C)(C(C)(C)C)O3)C(=O)CCC2. The van der Waals surface area contributed by atoms with Crippen LogP contribution in [0.25, 0.3) is 10.8 Å². The van der Waals surface area contributed by atoms with E-state index in [1.165, 1.54) is 0 Å². The topological polar surface area (TPSA) is 74.4 Å². The summed E-state index contributed by atoms with van der Waals surface area (Å²) in [6, 6.07) is 2.06. The minimum absolute atomic E-state index is 0.0885. The van der Waals surface area contributed by atoms with Crippen LogP contribution in [0.4, 0.5) is 0 Å². The van der Waals surface area contributed by atoms with Crippen molar-refractivity contribution in [1.29, 1.82) is 0 Å². The maximum absolute atomic E-state index is 13.4. The molecule has 2 aromatic carbocycles. The number of fused-ring (bicyclic) bond motifs is 2. The Balaban J connectivity index is 1.95. The van der Waals surface area contributed by atoms with Crippen molar-refractivity contribution < 1.29 is 27.9 Å². The number of benzene rings is 2. The average molecular weight is 483 g/mol. The summed E-state index contributed by atoms with van der Waals surface area (Å²) in [5.41, 5.74) is 3.44. The van der Waals surface area contributed by atoms with E-state index in [4.69, 9.17) is 18.3 Å². The molecule has 1 saturated heterocycles. The summed E-state index contributed by atoms with van der Waals surface area (Å²) in [7, 11) is -1.42. The van der Waals surface area contributed by atoms with E-state index < -0.39 is 14.7 Å². The number of carbonyl (C=O) groups is 2. The van der Waals surface area contributed by atoms with Crippen molar-refractivity contribution in [3.63, 3.8) is 0 Å². The van der Waals surface area contributed by atoms with E-state index in [9.17, 15) is 9.59 Å². The van der Waals surface area contributed by atoms with E-state index in [0.29, 0.717) is 29.2 Å². The third-order valence-electron chi connectivity index (χ3n) is 7.53. The van der Waals surface area contributed by atoms with Crippen LogP contribution in [0.1, 0.15) is 87.5 Å². The molecule has 3 aliphatic rings. The molecule has 0 unspecified atom stereocenters. The molecule has 1 fully saturated rings. The smallest absolute Gasteiger partial charge is 0.471 e. The zero-order valence-electron chi connectivity index (χ0n) is 21.4. The van der Waals surface area contributed by atoms with Crippen molar-refractivity contribution in [2.24, 2.45) is 0 Å². The lowest BCUT2D eigenvalue weighted by atomic mass is 9.84. The van der Waals surface area contributed by atoms with Crippen molar-refractivity contribution in [3.05, 3.63) is 28.3 Å². The molecule has 0 bridgehead atoms. The highest BCUT2D eigenvalue weighted by Gasteiger charge is 2.65. The molecule has 0 N–H and O–H groups in total. The average Bonchev–Trinajstić information content (AvgIpc) is 3.51. The van der Waals surface area contributed by atoms with Crippen LogP contribution in [0, 0.1) is 6.92 Å². The maximum atomic E-state index is 13.4. The Morgan fingerprint density at radius 3 is 2.26 bits per heavy atom. The number of rotatable bonds is 3. The largest absolute Gasteiger partial charge is 0.510 e. The number of Topliss-reactive ketones (excluding diaryl/α,β-unsaturated/α-hetero) is 1. The summed E-state index contributed by atoms with van der Waals surface area (Å²) in [4.78, 5) is 24.9. The Hall–Kier alpha value is -2.38. The normalized spacial score (nSPS) is 23.1. The van der Waals surface area contributed by atoms with E-state index >= 15 is 0 Å².